The van der Waals surface area contributed by atoms with E-state index in [0.29, 0.717) is 13.1 Å². The molecule has 0 aliphatic carbocycles. The highest BCUT2D eigenvalue weighted by molar-refractivity contribution is 5.94. The molecule has 4 nitrogen and oxygen atoms in total. The summed E-state index contributed by atoms with van der Waals surface area (Å²) >= 11 is 0. The van der Waals surface area contributed by atoms with Gasteiger partial charge in [0.1, 0.15) is 5.75 Å². The van der Waals surface area contributed by atoms with Gasteiger partial charge in [0.15, 0.2) is 0 Å². The standard InChI is InChI=1S/C15H19F3N2O2/c1-10(19)12-5-3-7-20(9-12)14(21)11-4-2-6-13(8-11)22-15(16,17)18/h2,4,6,8,10,12H,3,5,7,9,19H2,1H3. The van der Waals surface area contributed by atoms with E-state index < -0.39 is 6.36 Å². The van der Waals surface area contributed by atoms with Crippen LogP contribution in [0.1, 0.15) is 30.1 Å². The predicted octanol–water partition coefficient (Wildman–Crippen LogP) is 2.78. The number of ether oxygens (including phenoxy) is 1. The largest absolute Gasteiger partial charge is 0.573 e. The summed E-state index contributed by atoms with van der Waals surface area (Å²) in [6.07, 6.45) is -2.97. The van der Waals surface area contributed by atoms with Crippen LogP contribution in [0.15, 0.2) is 24.3 Å². The van der Waals surface area contributed by atoms with Crippen LogP contribution in [0.4, 0.5) is 13.2 Å². The molecule has 0 spiro atoms. The summed E-state index contributed by atoms with van der Waals surface area (Å²) in [7, 11) is 0. The van der Waals surface area contributed by atoms with Crippen molar-refractivity contribution in [3.05, 3.63) is 29.8 Å². The number of benzene rings is 1. The zero-order valence-corrected chi connectivity index (χ0v) is 12.3. The van der Waals surface area contributed by atoms with E-state index in [1.165, 1.54) is 18.2 Å². The Hall–Kier alpha value is -1.76. The highest BCUT2D eigenvalue weighted by atomic mass is 19.4. The molecule has 1 aliphatic rings. The molecule has 2 atom stereocenters. The number of likely N-dealkylation sites (tertiary alicyclic amines) is 1. The van der Waals surface area contributed by atoms with Crippen molar-refractivity contribution in [1.29, 1.82) is 0 Å². The number of carbonyl (C=O) groups excluding carboxylic acids is 1. The summed E-state index contributed by atoms with van der Waals surface area (Å²) in [5.41, 5.74) is 6.07. The Balaban J connectivity index is 2.10. The Morgan fingerprint density at radius 1 is 1.45 bits per heavy atom. The van der Waals surface area contributed by atoms with E-state index in [2.05, 4.69) is 4.74 Å². The number of piperidine rings is 1. The number of alkyl halides is 3. The Kier molecular flexibility index (Phi) is 4.95. The molecule has 0 aromatic heterocycles. The van der Waals surface area contributed by atoms with Crippen molar-refractivity contribution in [3.63, 3.8) is 0 Å². The monoisotopic (exact) mass is 316 g/mol. The number of nitrogens with zero attached hydrogens (tertiary/aromatic N) is 1. The van der Waals surface area contributed by atoms with E-state index in [9.17, 15) is 18.0 Å². The molecular formula is C15H19F3N2O2. The van der Waals surface area contributed by atoms with E-state index in [-0.39, 0.29) is 29.2 Å². The molecule has 1 saturated heterocycles. The maximum atomic E-state index is 12.4. The van der Waals surface area contributed by atoms with Crippen molar-refractivity contribution in [2.45, 2.75) is 32.2 Å². The average molecular weight is 316 g/mol. The second kappa shape index (κ2) is 6.56. The lowest BCUT2D eigenvalue weighted by atomic mass is 9.92. The predicted molar refractivity (Wildman–Crippen MR) is 75.4 cm³/mol. The first kappa shape index (κ1) is 16.6. The molecule has 0 saturated carbocycles. The van der Waals surface area contributed by atoms with Crippen molar-refractivity contribution < 1.29 is 22.7 Å². The molecule has 0 radical (unpaired) electrons. The van der Waals surface area contributed by atoms with Gasteiger partial charge in [-0.3, -0.25) is 4.79 Å². The lowest BCUT2D eigenvalue weighted by Crippen LogP contribution is -2.45. The molecule has 122 valence electrons. The Bertz CT molecular complexity index is 532. The van der Waals surface area contributed by atoms with Gasteiger partial charge in [-0.15, -0.1) is 13.2 Å². The molecule has 7 heteroatoms. The number of amides is 1. The first-order chi connectivity index (χ1) is 10.3. The highest BCUT2D eigenvalue weighted by Gasteiger charge is 2.32. The first-order valence-corrected chi connectivity index (χ1v) is 7.17. The van der Waals surface area contributed by atoms with Crippen LogP contribution in [0.3, 0.4) is 0 Å². The van der Waals surface area contributed by atoms with Gasteiger partial charge in [-0.1, -0.05) is 6.07 Å². The van der Waals surface area contributed by atoms with E-state index >= 15 is 0 Å². The molecular weight excluding hydrogens is 297 g/mol. The third-order valence-electron chi connectivity index (χ3n) is 3.80. The van der Waals surface area contributed by atoms with E-state index in [1.807, 2.05) is 6.92 Å². The number of halogens is 3. The van der Waals surface area contributed by atoms with Crippen LogP contribution < -0.4 is 10.5 Å². The molecule has 1 aliphatic heterocycles. The fraction of sp³-hybridized carbons (Fsp3) is 0.533. The number of hydrogen-bond donors (Lipinski definition) is 1. The summed E-state index contributed by atoms with van der Waals surface area (Å²) < 4.78 is 40.6. The van der Waals surface area contributed by atoms with Gasteiger partial charge < -0.3 is 15.4 Å². The van der Waals surface area contributed by atoms with Crippen LogP contribution in [0, 0.1) is 5.92 Å². The number of hydrogen-bond acceptors (Lipinski definition) is 3. The maximum Gasteiger partial charge on any atom is 0.573 e. The SMILES string of the molecule is CC(N)C1CCCN(C(=O)c2cccc(OC(F)(F)F)c2)C1. The molecule has 2 N–H and O–H groups in total. The number of rotatable bonds is 3. The second-order valence-electron chi connectivity index (χ2n) is 5.59. The molecule has 2 rings (SSSR count). The van der Waals surface area contributed by atoms with Gasteiger partial charge in [0.25, 0.3) is 5.91 Å². The first-order valence-electron chi connectivity index (χ1n) is 7.17. The van der Waals surface area contributed by atoms with Crippen LogP contribution in [0.2, 0.25) is 0 Å². The highest BCUT2D eigenvalue weighted by Crippen LogP contribution is 2.25. The van der Waals surface area contributed by atoms with Gasteiger partial charge in [0, 0.05) is 24.7 Å². The third kappa shape index (κ3) is 4.37. The zero-order chi connectivity index (χ0) is 16.3. The van der Waals surface area contributed by atoms with E-state index in [4.69, 9.17) is 5.73 Å². The van der Waals surface area contributed by atoms with Gasteiger partial charge in [-0.05, 0) is 43.9 Å². The summed E-state index contributed by atoms with van der Waals surface area (Å²) in [6, 6.07) is 5.13. The van der Waals surface area contributed by atoms with Gasteiger partial charge >= 0.3 is 6.36 Å². The molecule has 2 unspecified atom stereocenters. The Labute approximate surface area is 127 Å². The third-order valence-corrected chi connectivity index (χ3v) is 3.80. The normalized spacial score (nSPS) is 20.6. The lowest BCUT2D eigenvalue weighted by Gasteiger charge is -2.34. The molecule has 1 amide bonds. The topological polar surface area (TPSA) is 55.6 Å². The maximum absolute atomic E-state index is 12.4. The Morgan fingerprint density at radius 3 is 2.82 bits per heavy atom. The minimum atomic E-state index is -4.77. The average Bonchev–Trinajstić information content (AvgIpc) is 2.45. The summed E-state index contributed by atoms with van der Waals surface area (Å²) in [5.74, 6) is -0.468. The quantitative estimate of drug-likeness (QED) is 0.933. The summed E-state index contributed by atoms with van der Waals surface area (Å²) in [5, 5.41) is 0. The van der Waals surface area contributed by atoms with Gasteiger partial charge in [0.2, 0.25) is 0 Å². The van der Waals surface area contributed by atoms with Crippen molar-refractivity contribution in [2.75, 3.05) is 13.1 Å². The minimum Gasteiger partial charge on any atom is -0.406 e. The van der Waals surface area contributed by atoms with E-state index in [0.717, 1.165) is 18.9 Å². The van der Waals surface area contributed by atoms with Crippen LogP contribution in [-0.4, -0.2) is 36.3 Å². The van der Waals surface area contributed by atoms with Crippen LogP contribution in [-0.2, 0) is 0 Å². The van der Waals surface area contributed by atoms with Crippen molar-refractivity contribution in [1.82, 2.24) is 4.90 Å². The van der Waals surface area contributed by atoms with Crippen molar-refractivity contribution >= 4 is 5.91 Å². The lowest BCUT2D eigenvalue weighted by molar-refractivity contribution is -0.274. The van der Waals surface area contributed by atoms with Crippen LogP contribution >= 0.6 is 0 Å². The molecule has 0 bridgehead atoms. The smallest absolute Gasteiger partial charge is 0.406 e. The fourth-order valence-electron chi connectivity index (χ4n) is 2.63. The van der Waals surface area contributed by atoms with Crippen molar-refractivity contribution in [2.24, 2.45) is 11.7 Å². The molecule has 1 aromatic rings. The summed E-state index contributed by atoms with van der Waals surface area (Å²) in [6.45, 7) is 3.02. The van der Waals surface area contributed by atoms with Gasteiger partial charge in [-0.2, -0.15) is 0 Å². The zero-order valence-electron chi connectivity index (χ0n) is 12.3. The molecule has 1 aromatic carbocycles. The molecule has 22 heavy (non-hydrogen) atoms. The second-order valence-corrected chi connectivity index (χ2v) is 5.59. The van der Waals surface area contributed by atoms with Gasteiger partial charge in [-0.25, -0.2) is 0 Å². The Morgan fingerprint density at radius 2 is 2.18 bits per heavy atom. The van der Waals surface area contributed by atoms with Crippen molar-refractivity contribution in [3.8, 4) is 5.75 Å². The van der Waals surface area contributed by atoms with E-state index in [1.54, 1.807) is 4.90 Å². The molecule has 1 heterocycles. The number of carbonyl (C=O) groups is 1. The molecule has 1 fully saturated rings. The van der Waals surface area contributed by atoms with Gasteiger partial charge in [0.05, 0.1) is 0 Å². The van der Waals surface area contributed by atoms with Crippen LogP contribution in [0.25, 0.3) is 0 Å². The number of nitrogens with two attached hydrogens (primary N) is 1. The summed E-state index contributed by atoms with van der Waals surface area (Å²) in [4.78, 5) is 14.1. The fourth-order valence-corrected chi connectivity index (χ4v) is 2.63. The minimum absolute atomic E-state index is 0.0181. The van der Waals surface area contributed by atoms with Crippen LogP contribution in [0.5, 0.6) is 5.75 Å².